The third kappa shape index (κ3) is 3.43. The number of alkyl halides is 3. The Kier molecular flexibility index (Phi) is 4.03. The number of carbonyl (C=O) groups is 1. The van der Waals surface area contributed by atoms with Gasteiger partial charge in [-0.15, -0.1) is 5.10 Å². The minimum atomic E-state index is -4.80. The van der Waals surface area contributed by atoms with Crippen molar-refractivity contribution in [3.05, 3.63) is 47.0 Å². The first-order valence-corrected chi connectivity index (χ1v) is 5.80. The molecule has 112 valence electrons. The molecule has 0 bridgehead atoms. The minimum absolute atomic E-state index is 0.142. The Morgan fingerprint density at radius 3 is 2.57 bits per heavy atom. The van der Waals surface area contributed by atoms with Crippen LogP contribution in [0.2, 0.25) is 0 Å². The molecule has 0 amide bonds. The number of Topliss-reactive ketones (excluding diaryl/α,β-unsaturated/α-hetero) is 1. The fraction of sp³-hybridized carbons (Fsp3) is 0.250. The van der Waals surface area contributed by atoms with Gasteiger partial charge in [-0.25, -0.2) is 9.07 Å². The van der Waals surface area contributed by atoms with E-state index in [4.69, 9.17) is 5.73 Å². The summed E-state index contributed by atoms with van der Waals surface area (Å²) in [5, 5.41) is 7.28. The molecule has 21 heavy (non-hydrogen) atoms. The fourth-order valence-electron chi connectivity index (χ4n) is 1.67. The molecular weight excluding hydrogens is 292 g/mol. The summed E-state index contributed by atoms with van der Waals surface area (Å²) in [5.41, 5.74) is 4.20. The van der Waals surface area contributed by atoms with Crippen LogP contribution in [0.25, 0.3) is 0 Å². The van der Waals surface area contributed by atoms with Crippen molar-refractivity contribution in [2.75, 3.05) is 0 Å². The molecule has 0 atom stereocenters. The van der Waals surface area contributed by atoms with Crippen molar-refractivity contribution in [2.45, 2.75) is 19.3 Å². The number of benzene rings is 1. The number of aromatic nitrogens is 3. The van der Waals surface area contributed by atoms with E-state index in [9.17, 15) is 22.4 Å². The summed E-state index contributed by atoms with van der Waals surface area (Å²) in [7, 11) is 0. The average Bonchev–Trinajstić information content (AvgIpc) is 2.84. The van der Waals surface area contributed by atoms with Gasteiger partial charge in [0.2, 0.25) is 0 Å². The quantitative estimate of drug-likeness (QED) is 0.690. The van der Waals surface area contributed by atoms with Gasteiger partial charge in [-0.05, 0) is 12.1 Å². The van der Waals surface area contributed by atoms with Gasteiger partial charge in [-0.3, -0.25) is 4.79 Å². The van der Waals surface area contributed by atoms with Crippen LogP contribution in [0.5, 0.6) is 0 Å². The zero-order valence-corrected chi connectivity index (χ0v) is 10.6. The van der Waals surface area contributed by atoms with Gasteiger partial charge in [0.05, 0.1) is 17.5 Å². The highest BCUT2D eigenvalue weighted by molar-refractivity contribution is 5.95. The van der Waals surface area contributed by atoms with Crippen LogP contribution in [0.1, 0.15) is 21.6 Å². The molecule has 0 spiro atoms. The Labute approximate surface area is 116 Å². The zero-order chi connectivity index (χ0) is 15.6. The summed E-state index contributed by atoms with van der Waals surface area (Å²) in [5.74, 6) is -2.08. The highest BCUT2D eigenvalue weighted by atomic mass is 19.4. The highest BCUT2D eigenvalue weighted by Gasteiger charge is 2.34. The summed E-state index contributed by atoms with van der Waals surface area (Å²) >= 11 is 0. The van der Waals surface area contributed by atoms with Crippen molar-refractivity contribution < 1.29 is 22.4 Å². The van der Waals surface area contributed by atoms with E-state index in [-0.39, 0.29) is 18.7 Å². The minimum Gasteiger partial charge on any atom is -0.325 e. The van der Waals surface area contributed by atoms with Crippen LogP contribution in [-0.2, 0) is 19.3 Å². The predicted octanol–water partition coefficient (Wildman–Crippen LogP) is 1.78. The van der Waals surface area contributed by atoms with Crippen molar-refractivity contribution in [2.24, 2.45) is 5.73 Å². The highest BCUT2D eigenvalue weighted by Crippen LogP contribution is 2.31. The fourth-order valence-corrected chi connectivity index (χ4v) is 1.67. The molecule has 0 unspecified atom stereocenters. The lowest BCUT2D eigenvalue weighted by atomic mass is 10.1. The Morgan fingerprint density at radius 1 is 1.33 bits per heavy atom. The van der Waals surface area contributed by atoms with E-state index in [0.29, 0.717) is 17.8 Å². The molecule has 0 saturated heterocycles. The third-order valence-corrected chi connectivity index (χ3v) is 2.70. The van der Waals surface area contributed by atoms with Gasteiger partial charge in [0.15, 0.2) is 5.78 Å². The maximum atomic E-state index is 13.4. The van der Waals surface area contributed by atoms with Gasteiger partial charge < -0.3 is 5.73 Å². The number of carbonyl (C=O) groups excluding carboxylic acids is 1. The van der Waals surface area contributed by atoms with Crippen LogP contribution in [0.3, 0.4) is 0 Å². The topological polar surface area (TPSA) is 73.8 Å². The van der Waals surface area contributed by atoms with E-state index < -0.39 is 23.3 Å². The normalized spacial score (nSPS) is 11.7. The Bertz CT molecular complexity index is 666. The predicted molar refractivity (Wildman–Crippen MR) is 63.6 cm³/mol. The maximum Gasteiger partial charge on any atom is 0.419 e. The van der Waals surface area contributed by atoms with E-state index >= 15 is 0 Å². The number of hydrogen-bond donors (Lipinski definition) is 1. The maximum absolute atomic E-state index is 13.4. The molecule has 0 aliphatic rings. The van der Waals surface area contributed by atoms with Crippen LogP contribution in [0.15, 0.2) is 24.4 Å². The van der Waals surface area contributed by atoms with Crippen LogP contribution in [-0.4, -0.2) is 20.8 Å². The largest absolute Gasteiger partial charge is 0.419 e. The standard InChI is InChI=1S/C12H10F4N4O/c13-10-3-7(1-2-9(10)12(14,15)16)11(21)6-20-5-8(4-17)18-19-20/h1-3,5H,4,6,17H2. The second kappa shape index (κ2) is 5.60. The first-order valence-electron chi connectivity index (χ1n) is 5.80. The van der Waals surface area contributed by atoms with Crippen molar-refractivity contribution >= 4 is 5.78 Å². The Hall–Kier alpha value is -2.29. The van der Waals surface area contributed by atoms with Gasteiger partial charge in [-0.1, -0.05) is 11.3 Å². The molecule has 9 heteroatoms. The second-order valence-electron chi connectivity index (χ2n) is 4.23. The molecule has 0 aliphatic carbocycles. The molecule has 1 aromatic heterocycles. The van der Waals surface area contributed by atoms with Crippen molar-refractivity contribution in [1.29, 1.82) is 0 Å². The van der Waals surface area contributed by atoms with E-state index in [0.717, 1.165) is 6.07 Å². The Balaban J connectivity index is 2.18. The van der Waals surface area contributed by atoms with Gasteiger partial charge in [-0.2, -0.15) is 13.2 Å². The molecule has 0 radical (unpaired) electrons. The first kappa shape index (κ1) is 15.1. The molecule has 1 aromatic carbocycles. The Morgan fingerprint density at radius 2 is 2.05 bits per heavy atom. The summed E-state index contributed by atoms with van der Waals surface area (Å²) < 4.78 is 51.8. The molecule has 1 heterocycles. The van der Waals surface area contributed by atoms with Crippen LogP contribution < -0.4 is 5.73 Å². The third-order valence-electron chi connectivity index (χ3n) is 2.70. The van der Waals surface area contributed by atoms with Crippen LogP contribution in [0.4, 0.5) is 17.6 Å². The van der Waals surface area contributed by atoms with Crippen molar-refractivity contribution in [3.63, 3.8) is 0 Å². The van der Waals surface area contributed by atoms with Gasteiger partial charge >= 0.3 is 6.18 Å². The van der Waals surface area contributed by atoms with Crippen LogP contribution in [0, 0.1) is 5.82 Å². The van der Waals surface area contributed by atoms with E-state index in [1.165, 1.54) is 10.9 Å². The number of ketones is 1. The summed E-state index contributed by atoms with van der Waals surface area (Å²) in [4.78, 5) is 11.9. The molecule has 0 aliphatic heterocycles. The average molecular weight is 302 g/mol. The molecule has 2 rings (SSSR count). The lowest BCUT2D eigenvalue weighted by molar-refractivity contribution is -0.140. The van der Waals surface area contributed by atoms with E-state index in [1.54, 1.807) is 0 Å². The molecule has 2 aromatic rings. The number of hydrogen-bond acceptors (Lipinski definition) is 4. The van der Waals surface area contributed by atoms with Crippen molar-refractivity contribution in [3.8, 4) is 0 Å². The summed E-state index contributed by atoms with van der Waals surface area (Å²) in [6.45, 7) is -0.124. The van der Waals surface area contributed by atoms with Crippen LogP contribution >= 0.6 is 0 Å². The summed E-state index contributed by atoms with van der Waals surface area (Å²) in [6.07, 6.45) is -3.37. The summed E-state index contributed by atoms with van der Waals surface area (Å²) in [6, 6.07) is 2.02. The number of halogens is 4. The smallest absolute Gasteiger partial charge is 0.325 e. The lowest BCUT2D eigenvalue weighted by Gasteiger charge is -2.09. The van der Waals surface area contributed by atoms with Gasteiger partial charge in [0, 0.05) is 12.1 Å². The van der Waals surface area contributed by atoms with Gasteiger partial charge in [0.1, 0.15) is 12.4 Å². The molecule has 5 nitrogen and oxygen atoms in total. The monoisotopic (exact) mass is 302 g/mol. The number of nitrogens with two attached hydrogens (primary N) is 1. The molecule has 0 fully saturated rings. The SMILES string of the molecule is NCc1cn(CC(=O)c2ccc(C(F)(F)F)c(F)c2)nn1. The first-order chi connectivity index (χ1) is 9.81. The number of nitrogens with zero attached hydrogens (tertiary/aromatic N) is 3. The lowest BCUT2D eigenvalue weighted by Crippen LogP contribution is -2.13. The van der Waals surface area contributed by atoms with E-state index in [2.05, 4.69) is 10.3 Å². The molecule has 0 saturated carbocycles. The zero-order valence-electron chi connectivity index (χ0n) is 10.6. The molecule has 2 N–H and O–H groups in total. The second-order valence-corrected chi connectivity index (χ2v) is 4.23. The molecular formula is C12H10F4N4O. The number of rotatable bonds is 4. The van der Waals surface area contributed by atoms with E-state index in [1.807, 2.05) is 0 Å². The van der Waals surface area contributed by atoms with Crippen molar-refractivity contribution in [1.82, 2.24) is 15.0 Å². The van der Waals surface area contributed by atoms with Gasteiger partial charge in [0.25, 0.3) is 0 Å².